The van der Waals surface area contributed by atoms with Crippen molar-refractivity contribution in [1.29, 1.82) is 0 Å². The lowest BCUT2D eigenvalue weighted by Gasteiger charge is -2.33. The van der Waals surface area contributed by atoms with Crippen LogP contribution in [-0.2, 0) is 14.3 Å². The molecule has 1 saturated heterocycles. The third-order valence-electron chi connectivity index (χ3n) is 4.71. The van der Waals surface area contributed by atoms with Crippen LogP contribution >= 0.6 is 23.2 Å². The standard InChI is InChI=1S/C17H19Cl2NO4/c18-14-3-1-2-11(16(14)19)12-8-13(12)17(23)20(9-15(21)22)10-4-6-24-7-5-10/h1-3,10,12-13H,4-9H2,(H,21,22)/t12-,13+/m0/s1. The maximum atomic E-state index is 12.9. The molecule has 1 aromatic rings. The number of aliphatic carboxylic acids is 1. The van der Waals surface area contributed by atoms with E-state index in [0.29, 0.717) is 42.5 Å². The highest BCUT2D eigenvalue weighted by Gasteiger charge is 2.48. The van der Waals surface area contributed by atoms with E-state index in [1.807, 2.05) is 12.1 Å². The van der Waals surface area contributed by atoms with Crippen molar-refractivity contribution in [3.8, 4) is 0 Å². The molecule has 1 aliphatic carbocycles. The first-order valence-corrected chi connectivity index (χ1v) is 8.78. The quantitative estimate of drug-likeness (QED) is 0.862. The van der Waals surface area contributed by atoms with Gasteiger partial charge in [-0.05, 0) is 36.8 Å². The van der Waals surface area contributed by atoms with Crippen LogP contribution in [0.3, 0.4) is 0 Å². The Morgan fingerprint density at radius 1 is 1.25 bits per heavy atom. The van der Waals surface area contributed by atoms with Gasteiger partial charge in [0, 0.05) is 25.2 Å². The Kier molecular flexibility index (Phi) is 5.33. The van der Waals surface area contributed by atoms with Crippen molar-refractivity contribution in [3.05, 3.63) is 33.8 Å². The lowest BCUT2D eigenvalue weighted by atomic mass is 10.0. The van der Waals surface area contributed by atoms with Crippen molar-refractivity contribution in [3.63, 3.8) is 0 Å². The average Bonchev–Trinajstić information content (AvgIpc) is 3.35. The first-order chi connectivity index (χ1) is 11.5. The highest BCUT2D eigenvalue weighted by Crippen LogP contribution is 2.51. The molecule has 1 aromatic carbocycles. The number of benzene rings is 1. The molecule has 0 aromatic heterocycles. The van der Waals surface area contributed by atoms with E-state index < -0.39 is 5.97 Å². The predicted octanol–water partition coefficient (Wildman–Crippen LogP) is 3.19. The summed E-state index contributed by atoms with van der Waals surface area (Å²) in [6.07, 6.45) is 2.03. The number of carbonyl (C=O) groups excluding carboxylic acids is 1. The summed E-state index contributed by atoms with van der Waals surface area (Å²) < 4.78 is 5.31. The van der Waals surface area contributed by atoms with Gasteiger partial charge in [-0.1, -0.05) is 35.3 Å². The molecule has 3 rings (SSSR count). The van der Waals surface area contributed by atoms with E-state index in [4.69, 9.17) is 33.0 Å². The Bertz CT molecular complexity index is 645. The topological polar surface area (TPSA) is 66.8 Å². The molecule has 0 bridgehead atoms. The molecule has 2 aliphatic rings. The highest BCUT2D eigenvalue weighted by molar-refractivity contribution is 6.42. The van der Waals surface area contributed by atoms with Crippen LogP contribution in [-0.4, -0.2) is 47.7 Å². The summed E-state index contributed by atoms with van der Waals surface area (Å²) in [6, 6.07) is 5.34. The summed E-state index contributed by atoms with van der Waals surface area (Å²) in [6.45, 7) is 0.848. The maximum absolute atomic E-state index is 12.9. The van der Waals surface area contributed by atoms with E-state index in [9.17, 15) is 9.59 Å². The van der Waals surface area contributed by atoms with Gasteiger partial charge in [0.1, 0.15) is 6.54 Å². The number of carboxylic acids is 1. The van der Waals surface area contributed by atoms with Gasteiger partial charge in [-0.2, -0.15) is 0 Å². The van der Waals surface area contributed by atoms with Gasteiger partial charge >= 0.3 is 5.97 Å². The SMILES string of the molecule is O=C(O)CN(C(=O)[C@@H]1C[C@H]1c1cccc(Cl)c1Cl)C1CCOCC1. The molecule has 2 atom stereocenters. The van der Waals surface area contributed by atoms with Crippen LogP contribution in [0.2, 0.25) is 10.0 Å². The number of hydrogen-bond acceptors (Lipinski definition) is 3. The Morgan fingerprint density at radius 2 is 1.96 bits per heavy atom. The zero-order chi connectivity index (χ0) is 17.3. The number of nitrogens with zero attached hydrogens (tertiary/aromatic N) is 1. The molecule has 0 radical (unpaired) electrons. The van der Waals surface area contributed by atoms with Crippen LogP contribution in [0.1, 0.15) is 30.7 Å². The van der Waals surface area contributed by atoms with Crippen molar-refractivity contribution in [2.45, 2.75) is 31.2 Å². The molecule has 24 heavy (non-hydrogen) atoms. The Morgan fingerprint density at radius 3 is 2.62 bits per heavy atom. The summed E-state index contributed by atoms with van der Waals surface area (Å²) in [5, 5.41) is 10.1. The first kappa shape index (κ1) is 17.5. The second-order valence-corrected chi connectivity index (χ2v) is 7.08. The lowest BCUT2D eigenvalue weighted by Crippen LogP contribution is -2.46. The summed E-state index contributed by atoms with van der Waals surface area (Å²) in [5.74, 6) is -1.30. The largest absolute Gasteiger partial charge is 0.480 e. The number of rotatable bonds is 5. The van der Waals surface area contributed by atoms with E-state index in [-0.39, 0.29) is 30.3 Å². The molecular weight excluding hydrogens is 353 g/mol. The molecule has 1 aliphatic heterocycles. The third kappa shape index (κ3) is 3.68. The van der Waals surface area contributed by atoms with Gasteiger partial charge in [0.25, 0.3) is 0 Å². The van der Waals surface area contributed by atoms with E-state index in [1.54, 1.807) is 6.07 Å². The van der Waals surface area contributed by atoms with Gasteiger partial charge in [0.2, 0.25) is 5.91 Å². The molecule has 130 valence electrons. The molecule has 1 N–H and O–H groups in total. The predicted molar refractivity (Wildman–Crippen MR) is 90.5 cm³/mol. The van der Waals surface area contributed by atoms with Crippen molar-refractivity contribution < 1.29 is 19.4 Å². The minimum absolute atomic E-state index is 0.0137. The van der Waals surface area contributed by atoms with Gasteiger partial charge in [0.15, 0.2) is 0 Å². The molecular formula is C17H19Cl2NO4. The number of amides is 1. The summed E-state index contributed by atoms with van der Waals surface area (Å²) in [5.41, 5.74) is 0.866. The molecule has 5 nitrogen and oxygen atoms in total. The Hall–Kier alpha value is -1.30. The number of halogens is 2. The zero-order valence-corrected chi connectivity index (χ0v) is 14.6. The van der Waals surface area contributed by atoms with Gasteiger partial charge in [0.05, 0.1) is 10.0 Å². The normalized spacial score (nSPS) is 23.8. The first-order valence-electron chi connectivity index (χ1n) is 8.03. The number of carboxylic acid groups (broad SMARTS) is 1. The van der Waals surface area contributed by atoms with E-state index >= 15 is 0 Å². The zero-order valence-electron chi connectivity index (χ0n) is 13.1. The smallest absolute Gasteiger partial charge is 0.323 e. The molecule has 1 amide bonds. The number of carbonyl (C=O) groups is 2. The van der Waals surface area contributed by atoms with E-state index in [2.05, 4.69) is 0 Å². The number of hydrogen-bond donors (Lipinski definition) is 1. The third-order valence-corrected chi connectivity index (χ3v) is 5.54. The van der Waals surface area contributed by atoms with Gasteiger partial charge in [-0.25, -0.2) is 0 Å². The lowest BCUT2D eigenvalue weighted by molar-refractivity contribution is -0.148. The summed E-state index contributed by atoms with van der Waals surface area (Å²) in [4.78, 5) is 25.6. The fraction of sp³-hybridized carbons (Fsp3) is 0.529. The van der Waals surface area contributed by atoms with E-state index in [1.165, 1.54) is 4.90 Å². The second kappa shape index (κ2) is 7.30. The fourth-order valence-electron chi connectivity index (χ4n) is 3.36. The van der Waals surface area contributed by atoms with Crippen molar-refractivity contribution in [2.75, 3.05) is 19.8 Å². The highest BCUT2D eigenvalue weighted by atomic mass is 35.5. The van der Waals surface area contributed by atoms with Crippen molar-refractivity contribution in [1.82, 2.24) is 4.90 Å². The van der Waals surface area contributed by atoms with Gasteiger partial charge in [-0.15, -0.1) is 0 Å². The average molecular weight is 372 g/mol. The van der Waals surface area contributed by atoms with Crippen LogP contribution in [0.15, 0.2) is 18.2 Å². The van der Waals surface area contributed by atoms with Crippen LogP contribution in [0, 0.1) is 5.92 Å². The molecule has 1 heterocycles. The molecule has 2 fully saturated rings. The molecule has 0 unspecified atom stereocenters. The molecule has 1 saturated carbocycles. The fourth-order valence-corrected chi connectivity index (χ4v) is 3.81. The molecule has 0 spiro atoms. The molecule has 7 heteroatoms. The minimum atomic E-state index is -0.993. The monoisotopic (exact) mass is 371 g/mol. The van der Waals surface area contributed by atoms with Crippen LogP contribution in [0.5, 0.6) is 0 Å². The Labute approximate surface area is 150 Å². The number of ether oxygens (including phenoxy) is 1. The minimum Gasteiger partial charge on any atom is -0.480 e. The van der Waals surface area contributed by atoms with Crippen molar-refractivity contribution in [2.24, 2.45) is 5.92 Å². The van der Waals surface area contributed by atoms with Gasteiger partial charge in [-0.3, -0.25) is 9.59 Å². The summed E-state index contributed by atoms with van der Waals surface area (Å²) >= 11 is 12.3. The van der Waals surface area contributed by atoms with Crippen molar-refractivity contribution >= 4 is 35.1 Å². The van der Waals surface area contributed by atoms with Gasteiger partial charge < -0.3 is 14.7 Å². The van der Waals surface area contributed by atoms with Crippen LogP contribution in [0.25, 0.3) is 0 Å². The second-order valence-electron chi connectivity index (χ2n) is 6.30. The van der Waals surface area contributed by atoms with E-state index in [0.717, 1.165) is 5.56 Å². The van der Waals surface area contributed by atoms with Crippen LogP contribution in [0.4, 0.5) is 0 Å². The maximum Gasteiger partial charge on any atom is 0.323 e. The summed E-state index contributed by atoms with van der Waals surface area (Å²) in [7, 11) is 0. The van der Waals surface area contributed by atoms with Crippen LogP contribution < -0.4 is 0 Å². The Balaban J connectivity index is 1.74.